The van der Waals surface area contributed by atoms with Gasteiger partial charge in [-0.05, 0) is 30.0 Å². The molecule has 10 nitrogen and oxygen atoms in total. The lowest BCUT2D eigenvalue weighted by Crippen LogP contribution is -2.48. The Morgan fingerprint density at radius 3 is 2.84 bits per heavy atom. The van der Waals surface area contributed by atoms with Crippen molar-refractivity contribution in [1.29, 1.82) is 0 Å². The maximum absolute atomic E-state index is 15.3. The van der Waals surface area contributed by atoms with Crippen LogP contribution in [0.2, 0.25) is 0 Å². The van der Waals surface area contributed by atoms with Crippen LogP contribution in [-0.4, -0.2) is 65.4 Å². The van der Waals surface area contributed by atoms with E-state index < -0.39 is 24.2 Å². The lowest BCUT2D eigenvalue weighted by molar-refractivity contribution is -0.133. The molecule has 4 heterocycles. The number of rotatable bonds is 3. The first kappa shape index (κ1) is 24.5. The third-order valence-corrected chi connectivity index (χ3v) is 6.65. The van der Waals surface area contributed by atoms with E-state index in [4.69, 9.17) is 15.2 Å². The summed E-state index contributed by atoms with van der Waals surface area (Å²) in [7, 11) is 0. The fraction of sp³-hybridized carbons (Fsp3) is 0.360. The number of ether oxygens (including phenoxy) is 2. The summed E-state index contributed by atoms with van der Waals surface area (Å²) in [5.74, 6) is -0.256. The van der Waals surface area contributed by atoms with Crippen molar-refractivity contribution in [1.82, 2.24) is 14.9 Å². The van der Waals surface area contributed by atoms with Gasteiger partial charge in [-0.25, -0.2) is 23.5 Å². The molecular formula is C25H26F2N6O4. The number of amides is 2. The topological polar surface area (TPSA) is 132 Å². The molecule has 0 bridgehead atoms. The van der Waals surface area contributed by atoms with Crippen molar-refractivity contribution in [2.24, 2.45) is 0 Å². The second kappa shape index (κ2) is 9.68. The molecule has 0 aliphatic carbocycles. The number of halogens is 2. The molecular weight excluding hydrogens is 486 g/mol. The molecule has 0 spiro atoms. The van der Waals surface area contributed by atoms with E-state index in [2.05, 4.69) is 20.6 Å². The summed E-state index contributed by atoms with van der Waals surface area (Å²) in [4.78, 5) is 33.7. The number of pyridine rings is 2. The van der Waals surface area contributed by atoms with Gasteiger partial charge in [0.25, 0.3) is 0 Å². The molecule has 2 aliphatic rings. The summed E-state index contributed by atoms with van der Waals surface area (Å²) in [5, 5.41) is 6.61. The molecule has 3 aromatic rings. The minimum absolute atomic E-state index is 0.0899. The number of alkyl halides is 1. The quantitative estimate of drug-likeness (QED) is 0.454. The molecule has 12 heteroatoms. The van der Waals surface area contributed by atoms with Gasteiger partial charge in [0.2, 0.25) is 11.8 Å². The van der Waals surface area contributed by atoms with E-state index in [-0.39, 0.29) is 35.9 Å². The Morgan fingerprint density at radius 2 is 2.08 bits per heavy atom. The van der Waals surface area contributed by atoms with E-state index in [0.717, 1.165) is 5.56 Å². The fourth-order valence-corrected chi connectivity index (χ4v) is 4.63. The highest BCUT2D eigenvalue weighted by Crippen LogP contribution is 2.39. The number of anilines is 3. The number of hydrogen-bond donors (Lipinski definition) is 3. The Labute approximate surface area is 211 Å². The average Bonchev–Trinajstić information content (AvgIpc) is 2.88. The number of nitrogen functional groups attached to an aromatic ring is 1. The molecule has 2 aromatic heterocycles. The Balaban J connectivity index is 1.39. The highest BCUT2D eigenvalue weighted by Gasteiger charge is 2.33. The molecule has 2 amide bonds. The fourth-order valence-electron chi connectivity index (χ4n) is 4.63. The second-order valence-electron chi connectivity index (χ2n) is 9.03. The van der Waals surface area contributed by atoms with E-state index in [1.807, 2.05) is 6.92 Å². The van der Waals surface area contributed by atoms with Crippen LogP contribution in [0.25, 0.3) is 21.9 Å². The first-order valence-electron chi connectivity index (χ1n) is 11.8. The van der Waals surface area contributed by atoms with E-state index >= 15 is 4.39 Å². The highest BCUT2D eigenvalue weighted by atomic mass is 19.1. The number of hydrogen-bond acceptors (Lipinski definition) is 8. The van der Waals surface area contributed by atoms with Gasteiger partial charge < -0.3 is 25.4 Å². The molecule has 194 valence electrons. The van der Waals surface area contributed by atoms with Gasteiger partial charge in [0.1, 0.15) is 24.2 Å². The molecule has 4 N–H and O–H groups in total. The van der Waals surface area contributed by atoms with Crippen molar-refractivity contribution >= 4 is 40.0 Å². The van der Waals surface area contributed by atoms with Crippen molar-refractivity contribution < 1.29 is 27.8 Å². The summed E-state index contributed by atoms with van der Waals surface area (Å²) >= 11 is 0. The Kier molecular flexibility index (Phi) is 6.40. The van der Waals surface area contributed by atoms with Crippen molar-refractivity contribution in [2.75, 3.05) is 42.6 Å². The molecule has 5 rings (SSSR count). The van der Waals surface area contributed by atoms with Crippen LogP contribution in [0.1, 0.15) is 18.9 Å². The van der Waals surface area contributed by atoms with Gasteiger partial charge in [-0.15, -0.1) is 0 Å². The number of piperidine rings is 1. The van der Waals surface area contributed by atoms with E-state index in [1.165, 1.54) is 30.3 Å². The maximum atomic E-state index is 15.3. The maximum Gasteiger partial charge on any atom is 0.413 e. The first-order chi connectivity index (χ1) is 17.7. The zero-order chi connectivity index (χ0) is 26.3. The van der Waals surface area contributed by atoms with Gasteiger partial charge in [0.05, 0.1) is 12.2 Å². The molecule has 1 unspecified atom stereocenters. The number of fused-ring (bicyclic) bond motifs is 2. The zero-order valence-corrected chi connectivity index (χ0v) is 20.3. The predicted octanol–water partition coefficient (Wildman–Crippen LogP) is 3.64. The molecule has 1 fully saturated rings. The third-order valence-electron chi connectivity index (χ3n) is 6.65. The monoisotopic (exact) mass is 512 g/mol. The Bertz CT molecular complexity index is 1400. The molecule has 2 aliphatic heterocycles. The van der Waals surface area contributed by atoms with Gasteiger partial charge >= 0.3 is 6.09 Å². The van der Waals surface area contributed by atoms with E-state index in [9.17, 15) is 14.0 Å². The Hall–Kier alpha value is -4.22. The van der Waals surface area contributed by atoms with Gasteiger partial charge in [0.15, 0.2) is 12.0 Å². The zero-order valence-electron chi connectivity index (χ0n) is 20.3. The minimum atomic E-state index is -1.49. The van der Waals surface area contributed by atoms with Crippen molar-refractivity contribution in [3.8, 4) is 17.0 Å². The lowest BCUT2D eigenvalue weighted by Gasteiger charge is -2.33. The number of likely N-dealkylation sites (tertiary alicyclic amines) is 1. The van der Waals surface area contributed by atoms with Gasteiger partial charge in [0, 0.05) is 55.3 Å². The van der Waals surface area contributed by atoms with Crippen LogP contribution in [-0.2, 0) is 9.53 Å². The van der Waals surface area contributed by atoms with Crippen LogP contribution in [0, 0.1) is 12.7 Å². The van der Waals surface area contributed by atoms with Crippen molar-refractivity contribution in [2.45, 2.75) is 32.5 Å². The number of benzene rings is 1. The molecule has 0 saturated carbocycles. The summed E-state index contributed by atoms with van der Waals surface area (Å²) < 4.78 is 40.5. The predicted molar refractivity (Wildman–Crippen MR) is 134 cm³/mol. The van der Waals surface area contributed by atoms with Crippen LogP contribution in [0.3, 0.4) is 0 Å². The average molecular weight is 513 g/mol. The molecule has 1 aromatic carbocycles. The number of nitrogens with one attached hydrogen (secondary N) is 2. The standard InChI is InChI=1S/C25H26F2N6O4/c1-12-16(9-31-24-23(12)29-4-6-36-24)15-7-14-8-20(30-10-17(14)22(28)21(15)27)32-25(35)37-19-3-5-33(13(2)34)11-18(19)26/h7-10,18-19,29H,3-6,11,28H2,1-2H3,(H,30,32,35)/t18?,19-/m0/s1. The second-order valence-corrected chi connectivity index (χ2v) is 9.03. The third kappa shape index (κ3) is 4.66. The van der Waals surface area contributed by atoms with E-state index in [1.54, 1.807) is 6.07 Å². The normalized spacial score (nSPS) is 19.0. The minimum Gasteiger partial charge on any atom is -0.474 e. The summed E-state index contributed by atoms with van der Waals surface area (Å²) in [5.41, 5.74) is 8.25. The van der Waals surface area contributed by atoms with Crippen LogP contribution in [0.4, 0.5) is 30.8 Å². The lowest BCUT2D eigenvalue weighted by atomic mass is 9.97. The van der Waals surface area contributed by atoms with Gasteiger partial charge in [-0.2, -0.15) is 0 Å². The van der Waals surface area contributed by atoms with Crippen LogP contribution < -0.4 is 21.1 Å². The van der Waals surface area contributed by atoms with E-state index in [0.29, 0.717) is 47.6 Å². The van der Waals surface area contributed by atoms with Crippen molar-refractivity contribution in [3.05, 3.63) is 35.9 Å². The summed E-state index contributed by atoms with van der Waals surface area (Å²) in [6, 6.07) is 3.14. The first-order valence-corrected chi connectivity index (χ1v) is 11.8. The number of aromatic nitrogens is 2. The smallest absolute Gasteiger partial charge is 0.413 e. The summed E-state index contributed by atoms with van der Waals surface area (Å²) in [6.07, 6.45) is -0.285. The largest absolute Gasteiger partial charge is 0.474 e. The summed E-state index contributed by atoms with van der Waals surface area (Å²) in [6.45, 7) is 4.47. The molecule has 2 atom stereocenters. The molecule has 0 radical (unpaired) electrons. The van der Waals surface area contributed by atoms with Crippen LogP contribution in [0.15, 0.2) is 24.5 Å². The molecule has 1 saturated heterocycles. The molecule has 37 heavy (non-hydrogen) atoms. The van der Waals surface area contributed by atoms with Crippen LogP contribution in [0.5, 0.6) is 5.88 Å². The van der Waals surface area contributed by atoms with Crippen LogP contribution >= 0.6 is 0 Å². The highest BCUT2D eigenvalue weighted by molar-refractivity contribution is 5.99. The SMILES string of the molecule is CC(=O)N1CC[C@H](OC(=O)Nc2cc3cc(-c4cnc5c(c4C)NCCO5)c(F)c(N)c3cn2)C(F)C1. The van der Waals surface area contributed by atoms with Gasteiger partial charge in [-0.3, -0.25) is 10.1 Å². The number of carbonyl (C=O) groups is 2. The van der Waals surface area contributed by atoms with Crippen molar-refractivity contribution in [3.63, 3.8) is 0 Å². The number of nitrogens with zero attached hydrogens (tertiary/aromatic N) is 3. The van der Waals surface area contributed by atoms with Gasteiger partial charge in [-0.1, -0.05) is 0 Å². The number of nitrogens with two attached hydrogens (primary N) is 1. The Morgan fingerprint density at radius 1 is 1.27 bits per heavy atom. The number of carbonyl (C=O) groups excluding carboxylic acids is 2.